The molecule has 1 unspecified atom stereocenters. The maximum Gasteiger partial charge on any atom is 0.240 e. The second-order valence-electron chi connectivity index (χ2n) is 7.11. The standard InChI is InChI=1S/C19H19ClN2O4S2/c1-13-6-7-16-15(10-13)18(28(20,25)26)11-19(21-16)22-8-9-27(23,24)17-5-3-2-4-14(17)12-22/h2-7,10,18H,8-9,11-12H2,1H3. The van der Waals surface area contributed by atoms with Gasteiger partial charge in [-0.05, 0) is 30.2 Å². The molecule has 0 saturated carbocycles. The number of halogens is 1. The summed E-state index contributed by atoms with van der Waals surface area (Å²) in [6.45, 7) is 2.48. The maximum absolute atomic E-state index is 12.6. The predicted octanol–water partition coefficient (Wildman–Crippen LogP) is 3.33. The molecule has 0 amide bonds. The molecule has 4 rings (SSSR count). The van der Waals surface area contributed by atoms with Crippen molar-refractivity contribution in [3.05, 3.63) is 59.2 Å². The number of hydrogen-bond acceptors (Lipinski definition) is 6. The third-order valence-corrected chi connectivity index (χ3v) is 8.69. The van der Waals surface area contributed by atoms with Crippen molar-refractivity contribution >= 4 is 41.1 Å². The van der Waals surface area contributed by atoms with E-state index in [4.69, 9.17) is 10.7 Å². The quantitative estimate of drug-likeness (QED) is 0.637. The van der Waals surface area contributed by atoms with Gasteiger partial charge in [0.15, 0.2) is 9.84 Å². The van der Waals surface area contributed by atoms with Crippen molar-refractivity contribution in [1.82, 2.24) is 4.90 Å². The van der Waals surface area contributed by atoms with Crippen molar-refractivity contribution in [2.75, 3.05) is 12.3 Å². The lowest BCUT2D eigenvalue weighted by atomic mass is 10.0. The molecular weight excluding hydrogens is 420 g/mol. The Morgan fingerprint density at radius 3 is 2.68 bits per heavy atom. The first-order chi connectivity index (χ1) is 13.1. The Labute approximate surface area is 169 Å². The molecule has 2 heterocycles. The van der Waals surface area contributed by atoms with Crippen LogP contribution in [-0.4, -0.2) is 39.9 Å². The molecule has 0 fully saturated rings. The van der Waals surface area contributed by atoms with Crippen molar-refractivity contribution in [1.29, 1.82) is 0 Å². The molecule has 148 valence electrons. The minimum atomic E-state index is -3.87. The number of amidine groups is 1. The van der Waals surface area contributed by atoms with Gasteiger partial charge in [0.25, 0.3) is 0 Å². The van der Waals surface area contributed by atoms with Crippen LogP contribution in [0.3, 0.4) is 0 Å². The zero-order valence-electron chi connectivity index (χ0n) is 15.2. The van der Waals surface area contributed by atoms with Gasteiger partial charge < -0.3 is 4.90 Å². The number of hydrogen-bond donors (Lipinski definition) is 0. The number of sulfone groups is 1. The summed E-state index contributed by atoms with van der Waals surface area (Å²) in [5.41, 5.74) is 2.75. The number of fused-ring (bicyclic) bond motifs is 2. The largest absolute Gasteiger partial charge is 0.355 e. The highest BCUT2D eigenvalue weighted by Crippen LogP contribution is 2.41. The van der Waals surface area contributed by atoms with E-state index in [1.807, 2.05) is 17.9 Å². The third-order valence-electron chi connectivity index (χ3n) is 5.15. The molecule has 2 aliphatic rings. The fourth-order valence-electron chi connectivity index (χ4n) is 3.73. The van der Waals surface area contributed by atoms with Gasteiger partial charge in [0.2, 0.25) is 9.05 Å². The second kappa shape index (κ2) is 6.86. The Bertz CT molecular complexity index is 1190. The number of benzene rings is 2. The molecule has 1 atom stereocenters. The van der Waals surface area contributed by atoms with E-state index in [1.54, 1.807) is 36.4 Å². The normalized spacial score (nSPS) is 21.3. The van der Waals surface area contributed by atoms with Crippen molar-refractivity contribution in [2.45, 2.75) is 30.0 Å². The highest BCUT2D eigenvalue weighted by Gasteiger charge is 2.35. The van der Waals surface area contributed by atoms with E-state index < -0.39 is 24.1 Å². The summed E-state index contributed by atoms with van der Waals surface area (Å²) in [5.74, 6) is 0.486. The molecule has 0 radical (unpaired) electrons. The van der Waals surface area contributed by atoms with Crippen LogP contribution < -0.4 is 0 Å². The summed E-state index contributed by atoms with van der Waals surface area (Å²) < 4.78 is 49.7. The summed E-state index contributed by atoms with van der Waals surface area (Å²) in [7, 11) is -1.52. The van der Waals surface area contributed by atoms with E-state index in [0.717, 1.165) is 5.56 Å². The Morgan fingerprint density at radius 1 is 1.18 bits per heavy atom. The van der Waals surface area contributed by atoms with E-state index in [9.17, 15) is 16.8 Å². The van der Waals surface area contributed by atoms with Crippen LogP contribution in [0, 0.1) is 6.92 Å². The van der Waals surface area contributed by atoms with Crippen LogP contribution in [0.2, 0.25) is 0 Å². The zero-order chi connectivity index (χ0) is 20.1. The summed E-state index contributed by atoms with van der Waals surface area (Å²) in [6, 6.07) is 12.3. The monoisotopic (exact) mass is 438 g/mol. The van der Waals surface area contributed by atoms with E-state index in [0.29, 0.717) is 34.1 Å². The molecule has 2 aliphatic heterocycles. The molecule has 0 aromatic heterocycles. The number of aliphatic imine (C=N–C) groups is 1. The third kappa shape index (κ3) is 3.56. The fraction of sp³-hybridized carbons (Fsp3) is 0.316. The van der Waals surface area contributed by atoms with Crippen LogP contribution in [-0.2, 0) is 25.4 Å². The minimum Gasteiger partial charge on any atom is -0.355 e. The lowest BCUT2D eigenvalue weighted by Gasteiger charge is -2.30. The van der Waals surface area contributed by atoms with Crippen LogP contribution in [0.1, 0.15) is 28.4 Å². The van der Waals surface area contributed by atoms with Gasteiger partial charge in [-0.3, -0.25) is 0 Å². The number of aryl methyl sites for hydroxylation is 1. The first kappa shape index (κ1) is 19.4. The lowest BCUT2D eigenvalue weighted by Crippen LogP contribution is -2.35. The van der Waals surface area contributed by atoms with E-state index >= 15 is 0 Å². The van der Waals surface area contributed by atoms with Gasteiger partial charge in [0, 0.05) is 30.2 Å². The first-order valence-corrected chi connectivity index (χ1v) is 12.8. The van der Waals surface area contributed by atoms with Gasteiger partial charge in [-0.2, -0.15) is 0 Å². The summed E-state index contributed by atoms with van der Waals surface area (Å²) >= 11 is 0. The molecule has 2 aromatic carbocycles. The first-order valence-electron chi connectivity index (χ1n) is 8.82. The zero-order valence-corrected chi connectivity index (χ0v) is 17.6. The molecule has 28 heavy (non-hydrogen) atoms. The molecule has 0 spiro atoms. The van der Waals surface area contributed by atoms with Gasteiger partial charge in [0.05, 0.1) is 16.3 Å². The highest BCUT2D eigenvalue weighted by atomic mass is 35.7. The molecule has 0 saturated heterocycles. The summed E-state index contributed by atoms with van der Waals surface area (Å²) in [5, 5.41) is -0.910. The average Bonchev–Trinajstić information content (AvgIpc) is 2.76. The van der Waals surface area contributed by atoms with Crippen LogP contribution in [0.5, 0.6) is 0 Å². The van der Waals surface area contributed by atoms with Crippen molar-refractivity contribution in [2.24, 2.45) is 4.99 Å². The smallest absolute Gasteiger partial charge is 0.240 e. The molecule has 2 aromatic rings. The van der Waals surface area contributed by atoms with Crippen LogP contribution in [0.15, 0.2) is 52.4 Å². The Hall–Kier alpha value is -1.90. The van der Waals surface area contributed by atoms with Crippen LogP contribution in [0.25, 0.3) is 0 Å². The van der Waals surface area contributed by atoms with E-state index in [-0.39, 0.29) is 18.7 Å². The van der Waals surface area contributed by atoms with Gasteiger partial charge in [-0.15, -0.1) is 0 Å². The Morgan fingerprint density at radius 2 is 1.93 bits per heavy atom. The van der Waals surface area contributed by atoms with Gasteiger partial charge >= 0.3 is 0 Å². The SMILES string of the molecule is Cc1ccc2c(c1)C(S(=O)(=O)Cl)CC(N1CCS(=O)(=O)c3ccccc3C1)=N2. The topological polar surface area (TPSA) is 83.9 Å². The van der Waals surface area contributed by atoms with Gasteiger partial charge in [0.1, 0.15) is 11.1 Å². The molecule has 0 N–H and O–H groups in total. The summed E-state index contributed by atoms with van der Waals surface area (Å²) in [6.07, 6.45) is 0.116. The maximum atomic E-state index is 12.6. The van der Waals surface area contributed by atoms with Crippen molar-refractivity contribution in [3.8, 4) is 0 Å². The molecule has 9 heteroatoms. The van der Waals surface area contributed by atoms with Gasteiger partial charge in [-0.25, -0.2) is 21.8 Å². The van der Waals surface area contributed by atoms with Crippen molar-refractivity contribution < 1.29 is 16.8 Å². The van der Waals surface area contributed by atoms with Gasteiger partial charge in [-0.1, -0.05) is 35.9 Å². The lowest BCUT2D eigenvalue weighted by molar-refractivity contribution is 0.425. The predicted molar refractivity (Wildman–Crippen MR) is 109 cm³/mol. The number of nitrogens with zero attached hydrogens (tertiary/aromatic N) is 2. The molecule has 0 aliphatic carbocycles. The van der Waals surface area contributed by atoms with Crippen molar-refractivity contribution in [3.63, 3.8) is 0 Å². The summed E-state index contributed by atoms with van der Waals surface area (Å²) in [4.78, 5) is 6.83. The Kier molecular flexibility index (Phi) is 4.76. The van der Waals surface area contributed by atoms with Crippen LogP contribution >= 0.6 is 10.7 Å². The molecular formula is C19H19ClN2O4S2. The average molecular weight is 439 g/mol. The highest BCUT2D eigenvalue weighted by molar-refractivity contribution is 8.13. The van der Waals surface area contributed by atoms with E-state index in [1.165, 1.54) is 0 Å². The number of rotatable bonds is 1. The Balaban J connectivity index is 1.79. The van der Waals surface area contributed by atoms with E-state index in [2.05, 4.69) is 4.99 Å². The van der Waals surface area contributed by atoms with Crippen LogP contribution in [0.4, 0.5) is 5.69 Å². The molecule has 0 bridgehead atoms. The molecule has 6 nitrogen and oxygen atoms in total. The second-order valence-corrected chi connectivity index (χ2v) is 12.0. The minimum absolute atomic E-state index is 0.0535. The fourth-order valence-corrected chi connectivity index (χ4v) is 6.54.